The molecule has 0 aliphatic heterocycles. The van der Waals surface area contributed by atoms with Crippen LogP contribution in [0.5, 0.6) is 0 Å². The molecular formula is C16H14N4S. The molecule has 4 aromatic rings. The fourth-order valence-corrected chi connectivity index (χ4v) is 3.32. The predicted molar refractivity (Wildman–Crippen MR) is 87.8 cm³/mol. The molecule has 21 heavy (non-hydrogen) atoms. The Balaban J connectivity index is 1.63. The van der Waals surface area contributed by atoms with Crippen LogP contribution < -0.4 is 5.32 Å². The van der Waals surface area contributed by atoms with Crippen LogP contribution in [0.3, 0.4) is 0 Å². The van der Waals surface area contributed by atoms with Crippen LogP contribution in [0.2, 0.25) is 0 Å². The number of nitrogens with zero attached hydrogens (tertiary/aromatic N) is 2. The van der Waals surface area contributed by atoms with Gasteiger partial charge in [0, 0.05) is 0 Å². The van der Waals surface area contributed by atoms with Gasteiger partial charge in [-0.1, -0.05) is 35.6 Å². The molecule has 0 aliphatic rings. The maximum Gasteiger partial charge on any atom is 0.184 e. The SMILES string of the molecule is CC(Nc1nc2ccccc2s1)c1nc2ccccc2[nH]1. The van der Waals surface area contributed by atoms with Crippen molar-refractivity contribution < 1.29 is 0 Å². The van der Waals surface area contributed by atoms with E-state index in [1.54, 1.807) is 11.3 Å². The second-order valence-corrected chi connectivity index (χ2v) is 6.02. The number of imidazole rings is 1. The zero-order valence-electron chi connectivity index (χ0n) is 11.5. The van der Waals surface area contributed by atoms with Crippen molar-refractivity contribution in [1.29, 1.82) is 0 Å². The van der Waals surface area contributed by atoms with Crippen LogP contribution >= 0.6 is 11.3 Å². The molecule has 2 heterocycles. The highest BCUT2D eigenvalue weighted by Gasteiger charge is 2.12. The third kappa shape index (κ3) is 2.25. The van der Waals surface area contributed by atoms with Gasteiger partial charge in [0.15, 0.2) is 5.13 Å². The lowest BCUT2D eigenvalue weighted by molar-refractivity contribution is 0.814. The molecule has 0 radical (unpaired) electrons. The third-order valence-electron chi connectivity index (χ3n) is 3.45. The van der Waals surface area contributed by atoms with Gasteiger partial charge in [-0.2, -0.15) is 0 Å². The van der Waals surface area contributed by atoms with Crippen molar-refractivity contribution in [2.24, 2.45) is 0 Å². The standard InChI is InChI=1S/C16H14N4S/c1-10(15-18-11-6-2-3-7-12(11)19-15)17-16-20-13-8-4-5-9-14(13)21-16/h2-10H,1H3,(H,17,20)(H,18,19). The molecule has 0 spiro atoms. The van der Waals surface area contributed by atoms with E-state index < -0.39 is 0 Å². The molecule has 1 unspecified atom stereocenters. The molecule has 0 amide bonds. The van der Waals surface area contributed by atoms with Crippen LogP contribution in [0.15, 0.2) is 48.5 Å². The predicted octanol–water partition coefficient (Wildman–Crippen LogP) is 4.35. The largest absolute Gasteiger partial charge is 0.352 e. The molecule has 0 saturated carbocycles. The first kappa shape index (κ1) is 12.3. The minimum absolute atomic E-state index is 0.0814. The highest BCUT2D eigenvalue weighted by molar-refractivity contribution is 7.22. The fourth-order valence-electron chi connectivity index (χ4n) is 2.37. The van der Waals surface area contributed by atoms with E-state index in [4.69, 9.17) is 0 Å². The van der Waals surface area contributed by atoms with E-state index >= 15 is 0 Å². The number of fused-ring (bicyclic) bond motifs is 2. The first-order chi connectivity index (χ1) is 10.3. The van der Waals surface area contributed by atoms with Gasteiger partial charge in [0.1, 0.15) is 5.82 Å². The summed E-state index contributed by atoms with van der Waals surface area (Å²) in [5.41, 5.74) is 3.08. The monoisotopic (exact) mass is 294 g/mol. The summed E-state index contributed by atoms with van der Waals surface area (Å²) in [7, 11) is 0. The molecule has 4 nitrogen and oxygen atoms in total. The Bertz CT molecular complexity index is 843. The summed E-state index contributed by atoms with van der Waals surface area (Å²) in [5, 5.41) is 4.34. The minimum Gasteiger partial charge on any atom is -0.352 e. The van der Waals surface area contributed by atoms with Gasteiger partial charge in [-0.05, 0) is 31.2 Å². The molecule has 4 rings (SSSR count). The summed E-state index contributed by atoms with van der Waals surface area (Å²) in [6, 6.07) is 16.3. The number of aromatic nitrogens is 3. The average Bonchev–Trinajstić information content (AvgIpc) is 3.10. The Morgan fingerprint density at radius 3 is 2.57 bits per heavy atom. The maximum absolute atomic E-state index is 4.62. The lowest BCUT2D eigenvalue weighted by Gasteiger charge is -2.09. The summed E-state index contributed by atoms with van der Waals surface area (Å²) in [6.07, 6.45) is 0. The van der Waals surface area contributed by atoms with Crippen molar-refractivity contribution in [2.45, 2.75) is 13.0 Å². The summed E-state index contributed by atoms with van der Waals surface area (Å²) in [4.78, 5) is 12.6. The number of hydrogen-bond donors (Lipinski definition) is 2. The number of hydrogen-bond acceptors (Lipinski definition) is 4. The molecule has 5 heteroatoms. The Kier molecular flexibility index (Phi) is 2.86. The van der Waals surface area contributed by atoms with Gasteiger partial charge in [0.25, 0.3) is 0 Å². The lowest BCUT2D eigenvalue weighted by Crippen LogP contribution is -2.07. The van der Waals surface area contributed by atoms with E-state index in [9.17, 15) is 0 Å². The van der Waals surface area contributed by atoms with Crippen molar-refractivity contribution in [3.8, 4) is 0 Å². The normalized spacial score (nSPS) is 12.8. The van der Waals surface area contributed by atoms with Gasteiger partial charge in [-0.15, -0.1) is 0 Å². The van der Waals surface area contributed by atoms with Crippen molar-refractivity contribution in [1.82, 2.24) is 15.0 Å². The first-order valence-electron chi connectivity index (χ1n) is 6.86. The first-order valence-corrected chi connectivity index (χ1v) is 7.68. The van der Waals surface area contributed by atoms with Crippen LogP contribution in [-0.2, 0) is 0 Å². The lowest BCUT2D eigenvalue weighted by atomic mass is 10.3. The second-order valence-electron chi connectivity index (χ2n) is 4.99. The summed E-state index contributed by atoms with van der Waals surface area (Å²) in [5.74, 6) is 0.926. The average molecular weight is 294 g/mol. The Labute approximate surface area is 125 Å². The molecule has 104 valence electrons. The van der Waals surface area contributed by atoms with Crippen LogP contribution in [-0.4, -0.2) is 15.0 Å². The van der Waals surface area contributed by atoms with Gasteiger partial charge in [0.2, 0.25) is 0 Å². The molecule has 2 aromatic carbocycles. The van der Waals surface area contributed by atoms with E-state index in [-0.39, 0.29) is 6.04 Å². The number of thiazole rings is 1. The number of aromatic amines is 1. The third-order valence-corrected chi connectivity index (χ3v) is 4.42. The van der Waals surface area contributed by atoms with Gasteiger partial charge >= 0.3 is 0 Å². The van der Waals surface area contributed by atoms with Crippen molar-refractivity contribution in [3.05, 3.63) is 54.4 Å². The zero-order valence-corrected chi connectivity index (χ0v) is 12.3. The molecule has 2 aromatic heterocycles. The summed E-state index contributed by atoms with van der Waals surface area (Å²) in [6.45, 7) is 2.09. The summed E-state index contributed by atoms with van der Waals surface area (Å²) < 4.78 is 1.19. The van der Waals surface area contributed by atoms with Gasteiger partial charge in [0.05, 0.1) is 27.3 Å². The van der Waals surface area contributed by atoms with Crippen molar-refractivity contribution >= 4 is 37.7 Å². The number of H-pyrrole nitrogens is 1. The van der Waals surface area contributed by atoms with Gasteiger partial charge < -0.3 is 10.3 Å². The zero-order chi connectivity index (χ0) is 14.2. The van der Waals surface area contributed by atoms with Crippen LogP contribution in [0, 0.1) is 0 Å². The number of rotatable bonds is 3. The van der Waals surface area contributed by atoms with Crippen molar-refractivity contribution in [2.75, 3.05) is 5.32 Å². The van der Waals surface area contributed by atoms with Gasteiger partial charge in [-0.25, -0.2) is 9.97 Å². The molecule has 1 atom stereocenters. The smallest absolute Gasteiger partial charge is 0.184 e. The molecule has 0 fully saturated rings. The molecule has 0 bridgehead atoms. The molecule has 0 aliphatic carbocycles. The number of benzene rings is 2. The van der Waals surface area contributed by atoms with E-state index in [1.165, 1.54) is 4.70 Å². The number of anilines is 1. The number of para-hydroxylation sites is 3. The van der Waals surface area contributed by atoms with E-state index in [0.29, 0.717) is 0 Å². The highest BCUT2D eigenvalue weighted by Crippen LogP contribution is 2.28. The molecular weight excluding hydrogens is 280 g/mol. The van der Waals surface area contributed by atoms with E-state index in [2.05, 4.69) is 33.3 Å². The van der Waals surface area contributed by atoms with Gasteiger partial charge in [-0.3, -0.25) is 0 Å². The number of nitrogens with one attached hydrogen (secondary N) is 2. The van der Waals surface area contributed by atoms with Crippen molar-refractivity contribution in [3.63, 3.8) is 0 Å². The Morgan fingerprint density at radius 2 is 1.76 bits per heavy atom. The Hall–Kier alpha value is -2.40. The Morgan fingerprint density at radius 1 is 1.00 bits per heavy atom. The summed E-state index contributed by atoms with van der Waals surface area (Å²) >= 11 is 1.66. The quantitative estimate of drug-likeness (QED) is 0.591. The molecule has 0 saturated heterocycles. The van der Waals surface area contributed by atoms with Crippen LogP contribution in [0.1, 0.15) is 18.8 Å². The highest BCUT2D eigenvalue weighted by atomic mass is 32.1. The van der Waals surface area contributed by atoms with E-state index in [0.717, 1.165) is 27.5 Å². The van der Waals surface area contributed by atoms with Crippen LogP contribution in [0.25, 0.3) is 21.3 Å². The van der Waals surface area contributed by atoms with E-state index in [1.807, 2.05) is 42.5 Å². The topological polar surface area (TPSA) is 53.6 Å². The second kappa shape index (κ2) is 4.86. The molecule has 2 N–H and O–H groups in total. The fraction of sp³-hybridized carbons (Fsp3) is 0.125. The van der Waals surface area contributed by atoms with Crippen LogP contribution in [0.4, 0.5) is 5.13 Å². The maximum atomic E-state index is 4.62. The minimum atomic E-state index is 0.0814.